The Morgan fingerprint density at radius 3 is 2.55 bits per heavy atom. The molecule has 0 unspecified atom stereocenters. The molecule has 0 saturated carbocycles. The molecule has 0 atom stereocenters. The first-order chi connectivity index (χ1) is 10.6. The lowest BCUT2D eigenvalue weighted by molar-refractivity contribution is 0.0733. The molecule has 2 aromatic carbocycles. The average Bonchev–Trinajstić information content (AvgIpc) is 2.49. The molecule has 6 nitrogen and oxygen atoms in total. The number of nitrogens with one attached hydrogen (secondary N) is 1. The van der Waals surface area contributed by atoms with E-state index in [0.29, 0.717) is 21.3 Å². The van der Waals surface area contributed by atoms with Crippen molar-refractivity contribution in [1.29, 1.82) is 0 Å². The fraction of sp³-hybridized carbons (Fsp3) is 0. The van der Waals surface area contributed by atoms with Crippen molar-refractivity contribution in [2.75, 3.05) is 0 Å². The van der Waals surface area contributed by atoms with Gasteiger partial charge in [0.05, 0.1) is 11.8 Å². The zero-order chi connectivity index (χ0) is 15.9. The van der Waals surface area contributed by atoms with Crippen LogP contribution < -0.4 is 15.9 Å². The van der Waals surface area contributed by atoms with Crippen molar-refractivity contribution in [2.45, 2.75) is 0 Å². The lowest BCUT2D eigenvalue weighted by atomic mass is 10.2. The predicted molar refractivity (Wildman–Crippen MR) is 85.9 cm³/mol. The summed E-state index contributed by atoms with van der Waals surface area (Å²) in [5.41, 5.74) is 7.92. The van der Waals surface area contributed by atoms with E-state index >= 15 is 0 Å². The van der Waals surface area contributed by atoms with Crippen LogP contribution in [0.4, 0.5) is 4.79 Å². The molecule has 0 bridgehead atoms. The number of esters is 1. The van der Waals surface area contributed by atoms with Gasteiger partial charge in [0.25, 0.3) is 0 Å². The van der Waals surface area contributed by atoms with Crippen molar-refractivity contribution in [1.82, 2.24) is 5.43 Å². The van der Waals surface area contributed by atoms with E-state index in [1.807, 2.05) is 0 Å². The minimum Gasteiger partial charge on any atom is -0.422 e. The molecule has 112 valence electrons. The molecule has 0 spiro atoms. The lowest BCUT2D eigenvalue weighted by Crippen LogP contribution is -2.24. The highest BCUT2D eigenvalue weighted by molar-refractivity contribution is 9.10. The number of primary amides is 1. The molecule has 0 saturated heterocycles. The van der Waals surface area contributed by atoms with Crippen molar-refractivity contribution >= 4 is 34.1 Å². The van der Waals surface area contributed by atoms with Gasteiger partial charge < -0.3 is 10.5 Å². The van der Waals surface area contributed by atoms with Crippen molar-refractivity contribution in [3.63, 3.8) is 0 Å². The van der Waals surface area contributed by atoms with Crippen molar-refractivity contribution < 1.29 is 14.3 Å². The molecular formula is C15H12BrN3O3. The molecule has 2 rings (SSSR count). The Hall–Kier alpha value is -2.67. The maximum absolute atomic E-state index is 12.2. The third-order valence-electron chi connectivity index (χ3n) is 2.59. The Morgan fingerprint density at radius 1 is 1.14 bits per heavy atom. The van der Waals surface area contributed by atoms with E-state index in [0.717, 1.165) is 0 Å². The van der Waals surface area contributed by atoms with Crippen LogP contribution >= 0.6 is 15.9 Å². The van der Waals surface area contributed by atoms with Crippen molar-refractivity contribution in [3.05, 3.63) is 64.1 Å². The Morgan fingerprint density at radius 2 is 1.82 bits per heavy atom. The number of carbonyl (C=O) groups is 2. The monoisotopic (exact) mass is 361 g/mol. The van der Waals surface area contributed by atoms with Crippen molar-refractivity contribution in [2.24, 2.45) is 10.8 Å². The highest BCUT2D eigenvalue weighted by Gasteiger charge is 2.13. The molecule has 0 aliphatic rings. The first-order valence-corrected chi connectivity index (χ1v) is 7.01. The van der Waals surface area contributed by atoms with Gasteiger partial charge in [0.1, 0.15) is 5.75 Å². The number of benzene rings is 2. The Balaban J connectivity index is 2.19. The minimum atomic E-state index is -0.779. The number of halogens is 1. The summed E-state index contributed by atoms with van der Waals surface area (Å²) < 4.78 is 6.01. The molecule has 22 heavy (non-hydrogen) atoms. The van der Waals surface area contributed by atoms with Gasteiger partial charge in [-0.15, -0.1) is 0 Å². The highest BCUT2D eigenvalue weighted by atomic mass is 79.9. The molecule has 0 aliphatic heterocycles. The maximum atomic E-state index is 12.2. The van der Waals surface area contributed by atoms with Gasteiger partial charge in [-0.25, -0.2) is 15.0 Å². The summed E-state index contributed by atoms with van der Waals surface area (Å²) in [6.45, 7) is 0. The molecule has 0 aliphatic carbocycles. The predicted octanol–water partition coefficient (Wildman–Crippen LogP) is 2.67. The highest BCUT2D eigenvalue weighted by Crippen LogP contribution is 2.21. The number of ether oxygens (including phenoxy) is 1. The number of hydrogen-bond donors (Lipinski definition) is 2. The number of hydrazone groups is 1. The molecule has 0 radical (unpaired) electrons. The fourth-order valence-electron chi connectivity index (χ4n) is 1.63. The van der Waals surface area contributed by atoms with Gasteiger partial charge in [-0.2, -0.15) is 5.10 Å². The summed E-state index contributed by atoms with van der Waals surface area (Å²) >= 11 is 3.30. The van der Waals surface area contributed by atoms with Crippen LogP contribution in [0.5, 0.6) is 5.75 Å². The minimum absolute atomic E-state index is 0.318. The van der Waals surface area contributed by atoms with E-state index in [9.17, 15) is 9.59 Å². The van der Waals surface area contributed by atoms with E-state index in [-0.39, 0.29) is 0 Å². The standard InChI is InChI=1S/C15H12BrN3O3/c16-12-7-3-2-6-11(12)14(20)22-13-8-4-1-5-10(13)9-18-19-15(17)21/h1-9H,(H3,17,19,21). The smallest absolute Gasteiger partial charge is 0.344 e. The lowest BCUT2D eigenvalue weighted by Gasteiger charge is -2.08. The number of hydrogen-bond acceptors (Lipinski definition) is 4. The van der Waals surface area contributed by atoms with Gasteiger partial charge in [-0.3, -0.25) is 0 Å². The van der Waals surface area contributed by atoms with E-state index in [1.54, 1.807) is 48.5 Å². The van der Waals surface area contributed by atoms with Crippen LogP contribution in [0.25, 0.3) is 0 Å². The Kier molecular flexibility index (Phi) is 5.26. The maximum Gasteiger partial charge on any atom is 0.344 e. The fourth-order valence-corrected chi connectivity index (χ4v) is 2.07. The van der Waals surface area contributed by atoms with Gasteiger partial charge in [0.2, 0.25) is 0 Å². The van der Waals surface area contributed by atoms with Crippen LogP contribution in [0.15, 0.2) is 58.1 Å². The normalized spacial score (nSPS) is 10.4. The number of carbonyl (C=O) groups excluding carboxylic acids is 2. The first kappa shape index (κ1) is 15.7. The second kappa shape index (κ2) is 7.37. The molecule has 0 fully saturated rings. The number of amides is 2. The van der Waals surface area contributed by atoms with Crippen LogP contribution in [0.2, 0.25) is 0 Å². The number of nitrogens with zero attached hydrogens (tertiary/aromatic N) is 1. The number of nitrogens with two attached hydrogens (primary N) is 1. The summed E-state index contributed by atoms with van der Waals surface area (Å²) in [6.07, 6.45) is 1.34. The van der Waals surface area contributed by atoms with Crippen LogP contribution in [-0.4, -0.2) is 18.2 Å². The van der Waals surface area contributed by atoms with Gasteiger partial charge >= 0.3 is 12.0 Å². The molecule has 0 heterocycles. The number of para-hydroxylation sites is 1. The third kappa shape index (κ3) is 4.16. The van der Waals surface area contributed by atoms with E-state index in [4.69, 9.17) is 10.5 Å². The second-order valence-electron chi connectivity index (χ2n) is 4.14. The van der Waals surface area contributed by atoms with Crippen molar-refractivity contribution in [3.8, 4) is 5.75 Å². The Bertz CT molecular complexity index is 731. The topological polar surface area (TPSA) is 93.8 Å². The average molecular weight is 362 g/mol. The van der Waals surface area contributed by atoms with E-state index in [1.165, 1.54) is 6.21 Å². The molecular weight excluding hydrogens is 350 g/mol. The van der Waals surface area contributed by atoms with E-state index in [2.05, 4.69) is 26.5 Å². The zero-order valence-corrected chi connectivity index (χ0v) is 12.9. The summed E-state index contributed by atoms with van der Waals surface area (Å²) in [4.78, 5) is 22.8. The van der Waals surface area contributed by atoms with Crippen LogP contribution in [-0.2, 0) is 0 Å². The summed E-state index contributed by atoms with van der Waals surface area (Å²) in [5, 5.41) is 3.65. The summed E-state index contributed by atoms with van der Waals surface area (Å²) in [5.74, 6) is -0.186. The number of urea groups is 1. The van der Waals surface area contributed by atoms with Crippen LogP contribution in [0.1, 0.15) is 15.9 Å². The van der Waals surface area contributed by atoms with Crippen LogP contribution in [0, 0.1) is 0 Å². The summed E-state index contributed by atoms with van der Waals surface area (Å²) in [7, 11) is 0. The second-order valence-corrected chi connectivity index (χ2v) is 5.00. The van der Waals surface area contributed by atoms with Gasteiger partial charge in [-0.05, 0) is 40.2 Å². The number of rotatable bonds is 4. The molecule has 3 N–H and O–H groups in total. The van der Waals surface area contributed by atoms with Crippen LogP contribution in [0.3, 0.4) is 0 Å². The molecule has 2 aromatic rings. The Labute approximate surface area is 135 Å². The van der Waals surface area contributed by atoms with Gasteiger partial charge in [-0.1, -0.05) is 24.3 Å². The molecule has 2 amide bonds. The zero-order valence-electron chi connectivity index (χ0n) is 11.3. The molecule has 7 heteroatoms. The SMILES string of the molecule is NC(=O)NN=Cc1ccccc1OC(=O)c1ccccc1Br. The molecule has 0 aromatic heterocycles. The van der Waals surface area contributed by atoms with E-state index < -0.39 is 12.0 Å². The van der Waals surface area contributed by atoms with Gasteiger partial charge in [0.15, 0.2) is 0 Å². The summed E-state index contributed by atoms with van der Waals surface area (Å²) in [6, 6.07) is 13.0. The third-order valence-corrected chi connectivity index (χ3v) is 3.29. The largest absolute Gasteiger partial charge is 0.422 e. The first-order valence-electron chi connectivity index (χ1n) is 6.22. The van der Waals surface area contributed by atoms with Gasteiger partial charge in [0, 0.05) is 10.0 Å². The quantitative estimate of drug-likeness (QED) is 0.379.